The standard InChI is InChI=1S/C13H15NS/c1-4-11(3)10-15-13-9-7-6-8-12(13)14-5-2/h4-10H,1H2,2-3H3/b11-10+,14-5-. The van der Waals surface area contributed by atoms with Crippen molar-refractivity contribution in [3.63, 3.8) is 0 Å². The van der Waals surface area contributed by atoms with Gasteiger partial charge in [-0.25, -0.2) is 0 Å². The van der Waals surface area contributed by atoms with Gasteiger partial charge in [0.15, 0.2) is 0 Å². The molecule has 0 heterocycles. The fraction of sp³-hybridized carbons (Fsp3) is 0.154. The Bertz CT molecular complexity index is 391. The zero-order valence-corrected chi connectivity index (χ0v) is 9.92. The van der Waals surface area contributed by atoms with Crippen molar-refractivity contribution < 1.29 is 0 Å². The van der Waals surface area contributed by atoms with Crippen LogP contribution in [0.15, 0.2) is 57.8 Å². The number of nitrogens with zero attached hydrogens (tertiary/aromatic N) is 1. The van der Waals surface area contributed by atoms with Gasteiger partial charge in [0.2, 0.25) is 0 Å². The molecule has 15 heavy (non-hydrogen) atoms. The molecule has 0 atom stereocenters. The number of aliphatic imine (C=N–C) groups is 1. The molecule has 0 aromatic heterocycles. The highest BCUT2D eigenvalue weighted by atomic mass is 32.2. The van der Waals surface area contributed by atoms with E-state index in [0.29, 0.717) is 0 Å². The second-order valence-electron chi connectivity index (χ2n) is 3.04. The third-order valence-corrected chi connectivity index (χ3v) is 2.92. The number of hydrogen-bond donors (Lipinski definition) is 0. The van der Waals surface area contributed by atoms with Gasteiger partial charge >= 0.3 is 0 Å². The predicted octanol–water partition coefficient (Wildman–Crippen LogP) is 4.59. The summed E-state index contributed by atoms with van der Waals surface area (Å²) in [5, 5.41) is 2.08. The van der Waals surface area contributed by atoms with Gasteiger partial charge in [0.05, 0.1) is 5.69 Å². The first-order valence-electron chi connectivity index (χ1n) is 4.81. The molecule has 1 nitrogen and oxygen atoms in total. The highest BCUT2D eigenvalue weighted by Crippen LogP contribution is 2.30. The van der Waals surface area contributed by atoms with Gasteiger partial charge in [-0.3, -0.25) is 4.99 Å². The molecule has 0 bridgehead atoms. The van der Waals surface area contributed by atoms with Gasteiger partial charge in [0.1, 0.15) is 0 Å². The van der Waals surface area contributed by atoms with Crippen molar-refractivity contribution in [3.8, 4) is 0 Å². The van der Waals surface area contributed by atoms with Crippen LogP contribution < -0.4 is 0 Å². The second kappa shape index (κ2) is 6.25. The van der Waals surface area contributed by atoms with Crippen LogP contribution in [0.4, 0.5) is 5.69 Å². The molecule has 0 spiro atoms. The summed E-state index contributed by atoms with van der Waals surface area (Å²) in [4.78, 5) is 5.47. The number of thioether (sulfide) groups is 1. The lowest BCUT2D eigenvalue weighted by molar-refractivity contribution is 1.38. The van der Waals surface area contributed by atoms with Crippen molar-refractivity contribution in [1.29, 1.82) is 0 Å². The van der Waals surface area contributed by atoms with E-state index in [9.17, 15) is 0 Å². The van der Waals surface area contributed by atoms with Crippen LogP contribution in [0.2, 0.25) is 0 Å². The summed E-state index contributed by atoms with van der Waals surface area (Å²) in [6.45, 7) is 7.68. The first-order valence-corrected chi connectivity index (χ1v) is 5.69. The molecular formula is C13H15NS. The summed E-state index contributed by atoms with van der Waals surface area (Å²) in [5.74, 6) is 0. The minimum absolute atomic E-state index is 1.01. The van der Waals surface area contributed by atoms with E-state index in [2.05, 4.69) is 23.0 Å². The molecule has 1 aromatic carbocycles. The van der Waals surface area contributed by atoms with Crippen LogP contribution in [0, 0.1) is 0 Å². The molecule has 0 aliphatic heterocycles. The van der Waals surface area contributed by atoms with Gasteiger partial charge in [-0.1, -0.05) is 36.5 Å². The van der Waals surface area contributed by atoms with E-state index in [1.54, 1.807) is 11.8 Å². The summed E-state index contributed by atoms with van der Waals surface area (Å²) in [5.41, 5.74) is 2.17. The Morgan fingerprint density at radius 1 is 1.40 bits per heavy atom. The van der Waals surface area contributed by atoms with Gasteiger partial charge < -0.3 is 0 Å². The molecule has 1 rings (SSSR count). The minimum Gasteiger partial charge on any atom is -0.260 e. The van der Waals surface area contributed by atoms with Crippen LogP contribution in [0.5, 0.6) is 0 Å². The van der Waals surface area contributed by atoms with Gasteiger partial charge in [-0.15, -0.1) is 0 Å². The van der Waals surface area contributed by atoms with Crippen molar-refractivity contribution in [2.75, 3.05) is 0 Å². The maximum atomic E-state index is 4.31. The molecular weight excluding hydrogens is 202 g/mol. The van der Waals surface area contributed by atoms with Crippen molar-refractivity contribution in [2.24, 2.45) is 4.99 Å². The molecule has 0 N–H and O–H groups in total. The number of para-hydroxylation sites is 1. The molecule has 1 aromatic rings. The molecule has 0 aliphatic rings. The van der Waals surface area contributed by atoms with Crippen molar-refractivity contribution in [1.82, 2.24) is 0 Å². The SMILES string of the molecule is C=C/C(C)=C/Sc1ccccc1/N=C\C. The Labute approximate surface area is 95.6 Å². The average Bonchev–Trinajstić information content (AvgIpc) is 2.28. The number of benzene rings is 1. The van der Waals surface area contributed by atoms with Crippen LogP contribution in [0.3, 0.4) is 0 Å². The van der Waals surface area contributed by atoms with Crippen LogP contribution in [0.25, 0.3) is 0 Å². The molecule has 0 amide bonds. The van der Waals surface area contributed by atoms with E-state index < -0.39 is 0 Å². The molecule has 0 radical (unpaired) electrons. The van der Waals surface area contributed by atoms with Crippen molar-refractivity contribution in [3.05, 3.63) is 47.9 Å². The number of hydrogen-bond acceptors (Lipinski definition) is 2. The molecule has 2 heteroatoms. The topological polar surface area (TPSA) is 12.4 Å². The van der Waals surface area contributed by atoms with E-state index in [1.165, 1.54) is 0 Å². The summed E-state index contributed by atoms with van der Waals surface area (Å²) in [7, 11) is 0. The van der Waals surface area contributed by atoms with Crippen LogP contribution in [-0.4, -0.2) is 6.21 Å². The summed E-state index contributed by atoms with van der Waals surface area (Å²) < 4.78 is 0. The van der Waals surface area contributed by atoms with E-state index in [-0.39, 0.29) is 0 Å². The maximum absolute atomic E-state index is 4.31. The van der Waals surface area contributed by atoms with Crippen molar-refractivity contribution in [2.45, 2.75) is 18.7 Å². The maximum Gasteiger partial charge on any atom is 0.0764 e. The van der Waals surface area contributed by atoms with E-state index in [4.69, 9.17) is 0 Å². The molecule has 78 valence electrons. The highest BCUT2D eigenvalue weighted by Gasteiger charge is 1.97. The molecule has 0 saturated heterocycles. The fourth-order valence-electron chi connectivity index (χ4n) is 1.01. The van der Waals surface area contributed by atoms with Crippen LogP contribution in [-0.2, 0) is 0 Å². The second-order valence-corrected chi connectivity index (χ2v) is 3.95. The normalized spacial score (nSPS) is 12.0. The quantitative estimate of drug-likeness (QED) is 0.408. The monoisotopic (exact) mass is 217 g/mol. The van der Waals surface area contributed by atoms with Gasteiger partial charge in [0, 0.05) is 11.1 Å². The molecule has 0 fully saturated rings. The van der Waals surface area contributed by atoms with Gasteiger partial charge in [-0.2, -0.15) is 0 Å². The molecule has 0 unspecified atom stereocenters. The number of allylic oxidation sites excluding steroid dienone is 2. The average molecular weight is 217 g/mol. The Morgan fingerprint density at radius 2 is 2.13 bits per heavy atom. The smallest absolute Gasteiger partial charge is 0.0764 e. The summed E-state index contributed by atoms with van der Waals surface area (Å²) in [6, 6.07) is 8.10. The lowest BCUT2D eigenvalue weighted by Gasteiger charge is -2.01. The van der Waals surface area contributed by atoms with Gasteiger partial charge in [0.25, 0.3) is 0 Å². The van der Waals surface area contributed by atoms with Gasteiger partial charge in [-0.05, 0) is 37.0 Å². The summed E-state index contributed by atoms with van der Waals surface area (Å²) in [6.07, 6.45) is 3.65. The zero-order valence-electron chi connectivity index (χ0n) is 9.10. The Kier molecular flexibility index (Phi) is 4.91. The number of rotatable bonds is 4. The fourth-order valence-corrected chi connectivity index (χ4v) is 1.81. The highest BCUT2D eigenvalue weighted by molar-refractivity contribution is 8.02. The third kappa shape index (κ3) is 3.76. The largest absolute Gasteiger partial charge is 0.260 e. The minimum atomic E-state index is 1.01. The Balaban J connectivity index is 2.89. The Morgan fingerprint density at radius 3 is 2.80 bits per heavy atom. The van der Waals surface area contributed by atoms with E-state index >= 15 is 0 Å². The predicted molar refractivity (Wildman–Crippen MR) is 70.1 cm³/mol. The van der Waals surface area contributed by atoms with Crippen LogP contribution in [0.1, 0.15) is 13.8 Å². The summed E-state index contributed by atoms with van der Waals surface area (Å²) >= 11 is 1.67. The van der Waals surface area contributed by atoms with Crippen LogP contribution >= 0.6 is 11.8 Å². The first kappa shape index (κ1) is 11.8. The van der Waals surface area contributed by atoms with E-state index in [1.807, 2.05) is 44.3 Å². The van der Waals surface area contributed by atoms with E-state index in [0.717, 1.165) is 16.2 Å². The lowest BCUT2D eigenvalue weighted by Crippen LogP contribution is -1.72. The zero-order chi connectivity index (χ0) is 11.1. The first-order chi connectivity index (χ1) is 7.27. The molecule has 0 aliphatic carbocycles. The third-order valence-electron chi connectivity index (χ3n) is 1.83. The molecule has 0 saturated carbocycles. The van der Waals surface area contributed by atoms with Crippen molar-refractivity contribution >= 4 is 23.7 Å². The lowest BCUT2D eigenvalue weighted by atomic mass is 10.3. The Hall–Kier alpha value is -1.28.